The number of hydrogen-bond donors (Lipinski definition) is 0. The van der Waals surface area contributed by atoms with Crippen LogP contribution in [0, 0.1) is 0 Å². The van der Waals surface area contributed by atoms with Gasteiger partial charge < -0.3 is 13.9 Å². The average Bonchev–Trinajstić information content (AvgIpc) is 2.35. The second-order valence-corrected chi connectivity index (χ2v) is 3.34. The van der Waals surface area contributed by atoms with Crippen molar-refractivity contribution in [2.75, 3.05) is 14.2 Å². The summed E-state index contributed by atoms with van der Waals surface area (Å²) in [7, 11) is 2.95. The molecule has 5 nitrogen and oxygen atoms in total. The minimum atomic E-state index is -0.588. The van der Waals surface area contributed by atoms with E-state index in [1.807, 2.05) is 0 Å². The van der Waals surface area contributed by atoms with Crippen LogP contribution in [0.5, 0.6) is 11.5 Å². The van der Waals surface area contributed by atoms with Gasteiger partial charge in [-0.2, -0.15) is 0 Å². The van der Waals surface area contributed by atoms with Crippen LogP contribution in [-0.4, -0.2) is 20.5 Å². The van der Waals surface area contributed by atoms with Crippen molar-refractivity contribution < 1.29 is 18.7 Å². The molecule has 0 aliphatic carbocycles. The third-order valence-corrected chi connectivity index (χ3v) is 2.39. The minimum Gasteiger partial charge on any atom is -0.496 e. The van der Waals surface area contributed by atoms with Crippen molar-refractivity contribution in [3.8, 4) is 11.5 Å². The lowest BCUT2D eigenvalue weighted by Gasteiger charge is -2.08. The van der Waals surface area contributed by atoms with Crippen LogP contribution in [0.4, 0.5) is 0 Å². The predicted octanol–water partition coefficient (Wildman–Crippen LogP) is 1.62. The summed E-state index contributed by atoms with van der Waals surface area (Å²) in [5, 5.41) is 0.461. The van der Waals surface area contributed by atoms with Gasteiger partial charge in [0.15, 0.2) is 6.29 Å². The fraction of sp³-hybridized carbons (Fsp3) is 0.167. The van der Waals surface area contributed by atoms with Gasteiger partial charge in [-0.15, -0.1) is 0 Å². The number of carbonyl (C=O) groups is 1. The highest BCUT2D eigenvalue weighted by Crippen LogP contribution is 2.32. The molecule has 2 rings (SSSR count). The van der Waals surface area contributed by atoms with E-state index in [0.717, 1.165) is 6.07 Å². The number of hydrogen-bond acceptors (Lipinski definition) is 5. The number of ether oxygens (including phenoxy) is 2. The fourth-order valence-electron chi connectivity index (χ4n) is 1.64. The van der Waals surface area contributed by atoms with Crippen LogP contribution < -0.4 is 15.1 Å². The van der Waals surface area contributed by atoms with Crippen LogP contribution in [0.2, 0.25) is 0 Å². The molecule has 5 heteroatoms. The summed E-state index contributed by atoms with van der Waals surface area (Å²) in [6.45, 7) is 0. The Labute approximate surface area is 96.6 Å². The van der Waals surface area contributed by atoms with Gasteiger partial charge in [0.2, 0.25) is 0 Å². The lowest BCUT2D eigenvalue weighted by atomic mass is 10.1. The number of rotatable bonds is 3. The quantitative estimate of drug-likeness (QED) is 0.596. The molecule has 1 aromatic heterocycles. The highest BCUT2D eigenvalue weighted by Gasteiger charge is 2.12. The summed E-state index contributed by atoms with van der Waals surface area (Å²) in [5.74, 6) is 0.908. The Bertz CT molecular complexity index is 627. The molecule has 0 saturated heterocycles. The van der Waals surface area contributed by atoms with E-state index in [0.29, 0.717) is 23.2 Å². The summed E-state index contributed by atoms with van der Waals surface area (Å²) in [6.07, 6.45) is 0.592. The Kier molecular flexibility index (Phi) is 2.82. The molecule has 0 spiro atoms. The van der Waals surface area contributed by atoms with Crippen molar-refractivity contribution in [2.24, 2.45) is 0 Å². The maximum Gasteiger partial charge on any atom is 0.336 e. The second kappa shape index (κ2) is 4.29. The minimum absolute atomic E-state index is 0.232. The molecule has 0 unspecified atom stereocenters. The Balaban J connectivity index is 2.93. The number of benzene rings is 1. The summed E-state index contributed by atoms with van der Waals surface area (Å²) in [6, 6.07) is 4.28. The molecule has 0 radical (unpaired) electrons. The van der Waals surface area contributed by atoms with E-state index >= 15 is 0 Å². The molecule has 17 heavy (non-hydrogen) atoms. The normalized spacial score (nSPS) is 10.2. The molecule has 0 N–H and O–H groups in total. The molecule has 0 atom stereocenters. The molecular formula is C12H10O5. The first-order valence-corrected chi connectivity index (χ1v) is 4.84. The molecule has 0 bridgehead atoms. The molecule has 0 amide bonds. The topological polar surface area (TPSA) is 65.7 Å². The van der Waals surface area contributed by atoms with Crippen molar-refractivity contribution >= 4 is 17.3 Å². The van der Waals surface area contributed by atoms with Crippen LogP contribution >= 0.6 is 0 Å². The molecule has 2 aromatic rings. The van der Waals surface area contributed by atoms with Gasteiger partial charge in [-0.05, 0) is 0 Å². The van der Waals surface area contributed by atoms with Gasteiger partial charge in [-0.1, -0.05) is 0 Å². The zero-order valence-corrected chi connectivity index (χ0v) is 9.35. The fourth-order valence-corrected chi connectivity index (χ4v) is 1.64. The summed E-state index contributed by atoms with van der Waals surface area (Å²) < 4.78 is 15.2. The van der Waals surface area contributed by atoms with Gasteiger partial charge in [-0.25, -0.2) is 4.79 Å². The van der Waals surface area contributed by atoms with Gasteiger partial charge in [-0.3, -0.25) is 4.79 Å². The van der Waals surface area contributed by atoms with Gasteiger partial charge in [0.1, 0.15) is 17.1 Å². The maximum atomic E-state index is 11.3. The second-order valence-electron chi connectivity index (χ2n) is 3.34. The number of fused-ring (bicyclic) bond motifs is 1. The van der Waals surface area contributed by atoms with E-state index in [1.54, 1.807) is 6.07 Å². The zero-order chi connectivity index (χ0) is 12.4. The molecular weight excluding hydrogens is 224 g/mol. The molecule has 1 heterocycles. The first-order valence-electron chi connectivity index (χ1n) is 4.84. The lowest BCUT2D eigenvalue weighted by Crippen LogP contribution is -2.01. The molecule has 0 aliphatic heterocycles. The number of carbonyl (C=O) groups excluding carboxylic acids is 1. The van der Waals surface area contributed by atoms with E-state index < -0.39 is 5.63 Å². The van der Waals surface area contributed by atoms with E-state index in [4.69, 9.17) is 13.9 Å². The van der Waals surface area contributed by atoms with Crippen molar-refractivity contribution in [1.29, 1.82) is 0 Å². The smallest absolute Gasteiger partial charge is 0.336 e. The highest BCUT2D eigenvalue weighted by atomic mass is 16.5. The summed E-state index contributed by atoms with van der Waals surface area (Å²) in [5.41, 5.74) is -0.0959. The monoisotopic (exact) mass is 234 g/mol. The Morgan fingerprint density at radius 3 is 2.53 bits per heavy atom. The molecule has 1 aromatic carbocycles. The van der Waals surface area contributed by atoms with Crippen LogP contribution in [-0.2, 0) is 0 Å². The molecule has 0 aliphatic rings. The summed E-state index contributed by atoms with van der Waals surface area (Å²) >= 11 is 0. The van der Waals surface area contributed by atoms with Crippen molar-refractivity contribution in [1.82, 2.24) is 0 Å². The van der Waals surface area contributed by atoms with Gasteiger partial charge in [0.25, 0.3) is 0 Å². The van der Waals surface area contributed by atoms with Crippen LogP contribution in [0.25, 0.3) is 11.0 Å². The van der Waals surface area contributed by atoms with E-state index in [2.05, 4.69) is 0 Å². The van der Waals surface area contributed by atoms with Gasteiger partial charge >= 0.3 is 5.63 Å². The van der Waals surface area contributed by atoms with E-state index in [1.165, 1.54) is 20.3 Å². The SMILES string of the molecule is COc1cc(OC)c2c(C=O)cc(=O)oc2c1. The van der Waals surface area contributed by atoms with Crippen LogP contribution in [0.15, 0.2) is 27.4 Å². The van der Waals surface area contributed by atoms with E-state index in [-0.39, 0.29) is 11.1 Å². The van der Waals surface area contributed by atoms with Crippen LogP contribution in [0.1, 0.15) is 10.4 Å². The van der Waals surface area contributed by atoms with Crippen LogP contribution in [0.3, 0.4) is 0 Å². The first-order chi connectivity index (χ1) is 8.19. The summed E-state index contributed by atoms with van der Waals surface area (Å²) in [4.78, 5) is 22.2. The Morgan fingerprint density at radius 2 is 1.94 bits per heavy atom. The predicted molar refractivity (Wildman–Crippen MR) is 61.0 cm³/mol. The molecule has 0 saturated carbocycles. The Hall–Kier alpha value is -2.30. The number of methoxy groups -OCH3 is 2. The molecule has 88 valence electrons. The lowest BCUT2D eigenvalue weighted by molar-refractivity contribution is 0.112. The Morgan fingerprint density at radius 1 is 1.18 bits per heavy atom. The largest absolute Gasteiger partial charge is 0.496 e. The third-order valence-electron chi connectivity index (χ3n) is 2.39. The van der Waals surface area contributed by atoms with Gasteiger partial charge in [0.05, 0.1) is 19.6 Å². The standard InChI is InChI=1S/C12H10O5/c1-15-8-4-9(16-2)12-7(6-13)3-11(14)17-10(12)5-8/h3-6H,1-2H3. The third kappa shape index (κ3) is 1.87. The highest BCUT2D eigenvalue weighted by molar-refractivity contribution is 5.99. The molecule has 0 fully saturated rings. The van der Waals surface area contributed by atoms with Gasteiger partial charge in [0, 0.05) is 23.8 Å². The zero-order valence-electron chi connectivity index (χ0n) is 9.35. The van der Waals surface area contributed by atoms with Crippen molar-refractivity contribution in [2.45, 2.75) is 0 Å². The maximum absolute atomic E-state index is 11.3. The van der Waals surface area contributed by atoms with Crippen molar-refractivity contribution in [3.05, 3.63) is 34.2 Å². The van der Waals surface area contributed by atoms with E-state index in [9.17, 15) is 9.59 Å². The number of aldehydes is 1. The van der Waals surface area contributed by atoms with Crippen molar-refractivity contribution in [3.63, 3.8) is 0 Å². The first kappa shape index (κ1) is 11.2. The average molecular weight is 234 g/mol.